The molecule has 1 N–H and O–H groups in total. The number of aliphatic hydroxyl groups is 1. The SMILES string of the molecule is Cn1ccnc1-c1ccc(N2C[C@H]3C[C@@H](n4cccn4)[C@H](O)C[C@H]3C2)nn1. The summed E-state index contributed by atoms with van der Waals surface area (Å²) in [5, 5.41) is 23.8. The van der Waals surface area contributed by atoms with E-state index < -0.39 is 0 Å². The molecular weight excluding hydrogens is 342 g/mol. The van der Waals surface area contributed by atoms with Gasteiger partial charge in [-0.15, -0.1) is 10.2 Å². The molecule has 140 valence electrons. The van der Waals surface area contributed by atoms with Gasteiger partial charge in [-0.3, -0.25) is 4.68 Å². The fraction of sp³-hybridized carbons (Fsp3) is 0.474. The van der Waals surface area contributed by atoms with Crippen molar-refractivity contribution in [1.82, 2.24) is 29.5 Å². The van der Waals surface area contributed by atoms with Gasteiger partial charge < -0.3 is 14.6 Å². The number of nitrogens with zero attached hydrogens (tertiary/aromatic N) is 7. The van der Waals surface area contributed by atoms with Gasteiger partial charge in [0.25, 0.3) is 0 Å². The number of aromatic nitrogens is 6. The molecule has 1 aliphatic heterocycles. The summed E-state index contributed by atoms with van der Waals surface area (Å²) in [6.07, 6.45) is 8.80. The lowest BCUT2D eigenvalue weighted by Gasteiger charge is -2.35. The lowest BCUT2D eigenvalue weighted by atomic mass is 9.77. The van der Waals surface area contributed by atoms with Crippen molar-refractivity contribution in [1.29, 1.82) is 0 Å². The number of aryl methyl sites for hydroxylation is 1. The Labute approximate surface area is 157 Å². The monoisotopic (exact) mass is 365 g/mol. The van der Waals surface area contributed by atoms with E-state index in [1.807, 2.05) is 46.9 Å². The van der Waals surface area contributed by atoms with E-state index in [4.69, 9.17) is 0 Å². The Morgan fingerprint density at radius 3 is 2.56 bits per heavy atom. The van der Waals surface area contributed by atoms with E-state index in [1.165, 1.54) is 0 Å². The third-order valence-corrected chi connectivity index (χ3v) is 6.00. The van der Waals surface area contributed by atoms with Gasteiger partial charge in [-0.1, -0.05) is 0 Å². The summed E-state index contributed by atoms with van der Waals surface area (Å²) in [6.45, 7) is 1.87. The number of hydrogen-bond acceptors (Lipinski definition) is 6. The Bertz CT molecular complexity index is 905. The van der Waals surface area contributed by atoms with E-state index in [0.717, 1.165) is 43.3 Å². The predicted octanol–water partition coefficient (Wildman–Crippen LogP) is 1.52. The van der Waals surface area contributed by atoms with E-state index in [0.29, 0.717) is 11.8 Å². The third kappa shape index (κ3) is 2.90. The Morgan fingerprint density at radius 1 is 1.04 bits per heavy atom. The molecule has 3 aromatic rings. The molecule has 0 spiro atoms. The van der Waals surface area contributed by atoms with Crippen LogP contribution in [0.15, 0.2) is 43.0 Å². The van der Waals surface area contributed by atoms with Crippen LogP contribution in [0, 0.1) is 11.8 Å². The van der Waals surface area contributed by atoms with Crippen molar-refractivity contribution < 1.29 is 5.11 Å². The van der Waals surface area contributed by atoms with Crippen LogP contribution >= 0.6 is 0 Å². The van der Waals surface area contributed by atoms with Crippen molar-refractivity contribution in [2.24, 2.45) is 18.9 Å². The molecule has 5 rings (SSSR count). The number of fused-ring (bicyclic) bond motifs is 1. The van der Waals surface area contributed by atoms with Crippen molar-refractivity contribution in [2.45, 2.75) is 25.0 Å². The zero-order valence-electron chi connectivity index (χ0n) is 15.3. The maximum Gasteiger partial charge on any atom is 0.160 e. The molecule has 3 aromatic heterocycles. The summed E-state index contributed by atoms with van der Waals surface area (Å²) < 4.78 is 3.84. The molecule has 2 fully saturated rings. The fourth-order valence-electron chi connectivity index (χ4n) is 4.58. The van der Waals surface area contributed by atoms with Crippen LogP contribution in [0.4, 0.5) is 5.82 Å². The number of aliphatic hydroxyl groups excluding tert-OH is 1. The quantitative estimate of drug-likeness (QED) is 0.758. The molecular formula is C19H23N7O. The first-order valence-electron chi connectivity index (χ1n) is 9.42. The highest BCUT2D eigenvalue weighted by Crippen LogP contribution is 2.42. The van der Waals surface area contributed by atoms with Crippen LogP contribution in [0.3, 0.4) is 0 Å². The van der Waals surface area contributed by atoms with Gasteiger partial charge in [0.15, 0.2) is 11.6 Å². The Morgan fingerprint density at radius 2 is 1.89 bits per heavy atom. The predicted molar refractivity (Wildman–Crippen MR) is 99.9 cm³/mol. The maximum absolute atomic E-state index is 10.6. The van der Waals surface area contributed by atoms with E-state index in [9.17, 15) is 5.11 Å². The van der Waals surface area contributed by atoms with Crippen LogP contribution in [-0.2, 0) is 7.05 Å². The van der Waals surface area contributed by atoms with Crippen LogP contribution in [0.25, 0.3) is 11.5 Å². The highest BCUT2D eigenvalue weighted by atomic mass is 16.3. The normalized spacial score (nSPS) is 27.7. The Hall–Kier alpha value is -2.74. The molecule has 0 unspecified atom stereocenters. The van der Waals surface area contributed by atoms with Gasteiger partial charge in [0.1, 0.15) is 5.69 Å². The number of rotatable bonds is 3. The largest absolute Gasteiger partial charge is 0.391 e. The number of imidazole rings is 1. The zero-order chi connectivity index (χ0) is 18.4. The van der Waals surface area contributed by atoms with Gasteiger partial charge in [-0.05, 0) is 42.9 Å². The zero-order valence-corrected chi connectivity index (χ0v) is 15.3. The second-order valence-corrected chi connectivity index (χ2v) is 7.66. The molecule has 1 saturated carbocycles. The van der Waals surface area contributed by atoms with Crippen LogP contribution in [0.2, 0.25) is 0 Å². The standard InChI is InChI=1S/C19H23N7O/c1-24-8-6-20-19(24)15-3-4-18(23-22-15)25-11-13-9-16(26-7-2-5-21-26)17(27)10-14(13)12-25/h2-8,13-14,16-17,27H,9-12H2,1H3/t13-,14+,16-,17-/m1/s1. The number of hydrogen-bond donors (Lipinski definition) is 1. The molecule has 8 nitrogen and oxygen atoms in total. The molecule has 1 saturated heterocycles. The topological polar surface area (TPSA) is 84.9 Å². The minimum atomic E-state index is -0.344. The van der Waals surface area contributed by atoms with Gasteiger partial charge in [0, 0.05) is 44.9 Å². The maximum atomic E-state index is 10.6. The van der Waals surface area contributed by atoms with Crippen LogP contribution in [0.1, 0.15) is 18.9 Å². The van der Waals surface area contributed by atoms with E-state index in [2.05, 4.69) is 25.2 Å². The molecule has 0 aromatic carbocycles. The number of anilines is 1. The first-order valence-corrected chi connectivity index (χ1v) is 9.42. The lowest BCUT2D eigenvalue weighted by Crippen LogP contribution is -2.36. The first-order chi connectivity index (χ1) is 13.2. The molecule has 27 heavy (non-hydrogen) atoms. The van der Waals surface area contributed by atoms with Gasteiger partial charge in [-0.2, -0.15) is 5.10 Å². The van der Waals surface area contributed by atoms with Gasteiger partial charge in [0.2, 0.25) is 0 Å². The van der Waals surface area contributed by atoms with Gasteiger partial charge >= 0.3 is 0 Å². The van der Waals surface area contributed by atoms with Gasteiger partial charge in [-0.25, -0.2) is 4.98 Å². The van der Waals surface area contributed by atoms with E-state index in [-0.39, 0.29) is 12.1 Å². The first kappa shape index (κ1) is 16.4. The molecule has 2 aliphatic rings. The molecule has 8 heteroatoms. The highest BCUT2D eigenvalue weighted by Gasteiger charge is 2.42. The van der Waals surface area contributed by atoms with E-state index >= 15 is 0 Å². The molecule has 0 amide bonds. The summed E-state index contributed by atoms with van der Waals surface area (Å²) in [4.78, 5) is 6.62. The van der Waals surface area contributed by atoms with Crippen LogP contribution in [0.5, 0.6) is 0 Å². The van der Waals surface area contributed by atoms with Crippen molar-refractivity contribution >= 4 is 5.82 Å². The van der Waals surface area contributed by atoms with Crippen LogP contribution in [-0.4, -0.2) is 53.8 Å². The lowest BCUT2D eigenvalue weighted by molar-refractivity contribution is 0.0306. The average Bonchev–Trinajstić information content (AvgIpc) is 3.41. The van der Waals surface area contributed by atoms with Crippen molar-refractivity contribution in [3.63, 3.8) is 0 Å². The minimum Gasteiger partial charge on any atom is -0.391 e. The molecule has 0 bridgehead atoms. The molecule has 4 heterocycles. The second-order valence-electron chi connectivity index (χ2n) is 7.66. The Kier molecular flexibility index (Phi) is 3.93. The van der Waals surface area contributed by atoms with Crippen molar-refractivity contribution in [2.75, 3.05) is 18.0 Å². The average molecular weight is 365 g/mol. The van der Waals surface area contributed by atoms with Gasteiger partial charge in [0.05, 0.1) is 12.1 Å². The second kappa shape index (κ2) is 6.45. The molecule has 1 aliphatic carbocycles. The fourth-order valence-corrected chi connectivity index (χ4v) is 4.58. The minimum absolute atomic E-state index is 0.0677. The van der Waals surface area contributed by atoms with Crippen LogP contribution < -0.4 is 4.90 Å². The summed E-state index contributed by atoms with van der Waals surface area (Å²) >= 11 is 0. The summed E-state index contributed by atoms with van der Waals surface area (Å²) in [6, 6.07) is 5.99. The molecule has 0 radical (unpaired) electrons. The highest BCUT2D eigenvalue weighted by molar-refractivity contribution is 5.52. The summed E-state index contributed by atoms with van der Waals surface area (Å²) in [5.41, 5.74) is 0.775. The third-order valence-electron chi connectivity index (χ3n) is 6.00. The Balaban J connectivity index is 1.31. The molecule has 4 atom stereocenters. The summed E-state index contributed by atoms with van der Waals surface area (Å²) in [5.74, 6) is 2.74. The van der Waals surface area contributed by atoms with Crippen molar-refractivity contribution in [3.8, 4) is 11.5 Å². The van der Waals surface area contributed by atoms with Crippen molar-refractivity contribution in [3.05, 3.63) is 43.0 Å². The smallest absolute Gasteiger partial charge is 0.160 e. The summed E-state index contributed by atoms with van der Waals surface area (Å²) in [7, 11) is 1.95. The van der Waals surface area contributed by atoms with E-state index in [1.54, 1.807) is 12.4 Å².